The number of ether oxygens (including phenoxy) is 1. The average molecular weight is 932 g/mol. The van der Waals surface area contributed by atoms with Gasteiger partial charge in [-0.1, -0.05) is 226 Å². The Morgan fingerprint density at radius 3 is 0.852 bits per heavy atom. The Kier molecular flexibility index (Phi) is 66.2. The summed E-state index contributed by atoms with van der Waals surface area (Å²) in [6, 6.07) is 0. The molecule has 12 nitrogen and oxygen atoms in total. The number of carbonyl (C=O) groups is 2. The monoisotopic (exact) mass is 932 g/mol. The molecule has 0 spiro atoms. The van der Waals surface area contributed by atoms with E-state index >= 15 is 0 Å². The van der Waals surface area contributed by atoms with Crippen LogP contribution < -0.4 is 64.4 Å². The van der Waals surface area contributed by atoms with Crippen LogP contribution in [0, 0.1) is 0 Å². The van der Waals surface area contributed by atoms with Gasteiger partial charge in [-0.05, 0) is 26.3 Å². The predicted octanol–water partition coefficient (Wildman–Crippen LogP) is 6.31. The summed E-state index contributed by atoms with van der Waals surface area (Å²) in [4.78, 5) is 22.4. The topological polar surface area (TPSA) is 188 Å². The first-order valence-corrected chi connectivity index (χ1v) is 26.6. The molecule has 0 bridgehead atoms. The van der Waals surface area contributed by atoms with Crippen molar-refractivity contribution in [3.05, 3.63) is 0 Å². The van der Waals surface area contributed by atoms with Gasteiger partial charge in [-0.25, -0.2) is 16.8 Å². The summed E-state index contributed by atoms with van der Waals surface area (Å²) in [5.41, 5.74) is 0. The van der Waals surface area contributed by atoms with Gasteiger partial charge in [0.25, 0.3) is 0 Å². The SMILES string of the molecule is CCCCCCCCCCCCCC(=O)OC(=O)CNC.CCCCCCCCCCCCCCOS(=O)(=O)[O-].CCCCCCCCCCCCCCOS(=O)(=O)[O-].[Na+].[Na+]. The average Bonchev–Trinajstić information content (AvgIpc) is 3.17. The molecular formula is C45H91NNa2O11S2. The van der Waals surface area contributed by atoms with Crippen LogP contribution >= 0.6 is 0 Å². The predicted molar refractivity (Wildman–Crippen MR) is 240 cm³/mol. The first-order valence-electron chi connectivity index (χ1n) is 23.9. The fourth-order valence-electron chi connectivity index (χ4n) is 6.50. The third-order valence-corrected chi connectivity index (χ3v) is 10.9. The van der Waals surface area contributed by atoms with E-state index in [0.29, 0.717) is 19.3 Å². The van der Waals surface area contributed by atoms with Gasteiger partial charge in [-0.3, -0.25) is 18.0 Å². The summed E-state index contributed by atoms with van der Waals surface area (Å²) >= 11 is 0. The van der Waals surface area contributed by atoms with Crippen LogP contribution in [0.15, 0.2) is 0 Å². The molecule has 0 amide bonds. The zero-order chi connectivity index (χ0) is 44.6. The van der Waals surface area contributed by atoms with Crippen molar-refractivity contribution in [3.8, 4) is 0 Å². The maximum absolute atomic E-state index is 11.3. The van der Waals surface area contributed by atoms with Gasteiger partial charge < -0.3 is 19.2 Å². The molecule has 0 aliphatic carbocycles. The van der Waals surface area contributed by atoms with Crippen LogP contribution in [0.1, 0.15) is 252 Å². The molecule has 0 unspecified atom stereocenters. The number of hydrogen-bond acceptors (Lipinski definition) is 12. The second-order valence-electron chi connectivity index (χ2n) is 15.9. The van der Waals surface area contributed by atoms with E-state index < -0.39 is 32.7 Å². The van der Waals surface area contributed by atoms with Gasteiger partial charge in [0, 0.05) is 6.42 Å². The van der Waals surface area contributed by atoms with Gasteiger partial charge in [0.2, 0.25) is 20.8 Å². The molecular weight excluding hydrogens is 841 g/mol. The fourth-order valence-corrected chi connectivity index (χ4v) is 7.14. The number of esters is 2. The molecule has 0 atom stereocenters. The first kappa shape index (κ1) is 70.8. The van der Waals surface area contributed by atoms with Crippen molar-refractivity contribution in [3.63, 3.8) is 0 Å². The van der Waals surface area contributed by atoms with Gasteiger partial charge in [-0.2, -0.15) is 0 Å². The molecule has 0 aliphatic heterocycles. The van der Waals surface area contributed by atoms with Gasteiger partial charge in [0.1, 0.15) is 0 Å². The Balaban J connectivity index is -0.000000253. The molecule has 0 heterocycles. The summed E-state index contributed by atoms with van der Waals surface area (Å²) in [5, 5.41) is 2.66. The molecule has 0 aromatic rings. The Labute approximate surface area is 421 Å². The maximum atomic E-state index is 11.3. The molecule has 0 radical (unpaired) electrons. The number of rotatable bonds is 42. The van der Waals surface area contributed by atoms with E-state index in [1.54, 1.807) is 7.05 Å². The number of carbonyl (C=O) groups excluding carboxylic acids is 2. The second kappa shape index (κ2) is 57.0. The summed E-state index contributed by atoms with van der Waals surface area (Å²) in [5.74, 6) is -0.892. The van der Waals surface area contributed by atoms with E-state index in [1.165, 1.54) is 173 Å². The molecule has 0 aromatic carbocycles. The van der Waals surface area contributed by atoms with E-state index in [-0.39, 0.29) is 78.9 Å². The maximum Gasteiger partial charge on any atom is 1.00 e. The van der Waals surface area contributed by atoms with Crippen molar-refractivity contribution < 1.29 is 108 Å². The van der Waals surface area contributed by atoms with Crippen molar-refractivity contribution >= 4 is 32.7 Å². The molecule has 356 valence electrons. The largest absolute Gasteiger partial charge is 1.00 e. The zero-order valence-electron chi connectivity index (χ0n) is 40.4. The molecule has 1 N–H and O–H groups in total. The molecule has 16 heteroatoms. The molecule has 0 fully saturated rings. The van der Waals surface area contributed by atoms with E-state index in [1.807, 2.05) is 0 Å². The Morgan fingerprint density at radius 1 is 0.393 bits per heavy atom. The van der Waals surface area contributed by atoms with Crippen LogP contribution in [0.2, 0.25) is 0 Å². The fraction of sp³-hybridized carbons (Fsp3) is 0.956. The van der Waals surface area contributed by atoms with Crippen LogP contribution in [0.3, 0.4) is 0 Å². The van der Waals surface area contributed by atoms with Crippen LogP contribution in [-0.2, 0) is 43.5 Å². The quantitative estimate of drug-likeness (QED) is 0.0180. The van der Waals surface area contributed by atoms with Gasteiger partial charge in [0.15, 0.2) is 0 Å². The van der Waals surface area contributed by atoms with Gasteiger partial charge in [-0.15, -0.1) is 0 Å². The number of likely N-dealkylation sites (N-methyl/N-ethyl adjacent to an activating group) is 1. The van der Waals surface area contributed by atoms with Gasteiger partial charge >= 0.3 is 71.1 Å². The van der Waals surface area contributed by atoms with E-state index in [2.05, 4.69) is 39.2 Å². The molecule has 0 saturated carbocycles. The standard InChI is InChI=1S/C17H33NO3.2C14H30O4S.2Na/c1-3-4-5-6-7-8-9-10-11-12-13-14-16(19)21-17(20)15-18-2;2*1-2-3-4-5-6-7-8-9-10-11-12-13-14-18-19(15,16)17;;/h18H,3-15H2,1-2H3;2*2-14H2,1H3,(H,15,16,17);;/q;;;2*+1/p-2. The number of nitrogens with one attached hydrogen (secondary N) is 1. The molecule has 0 rings (SSSR count). The Hall–Kier alpha value is 0.840. The summed E-state index contributed by atoms with van der Waals surface area (Å²) in [6.45, 7) is 6.86. The Bertz CT molecular complexity index is 1040. The minimum Gasteiger partial charge on any atom is -0.726 e. The van der Waals surface area contributed by atoms with E-state index in [0.717, 1.165) is 38.5 Å². The number of unbranched alkanes of at least 4 members (excludes halogenated alkanes) is 32. The summed E-state index contributed by atoms with van der Waals surface area (Å²) in [7, 11) is -7.33. The molecule has 0 aromatic heterocycles. The Morgan fingerprint density at radius 2 is 0.623 bits per heavy atom. The zero-order valence-corrected chi connectivity index (χ0v) is 46.0. The van der Waals surface area contributed by atoms with Crippen LogP contribution in [-0.4, -0.2) is 64.7 Å². The van der Waals surface area contributed by atoms with Crippen molar-refractivity contribution in [1.29, 1.82) is 0 Å². The van der Waals surface area contributed by atoms with Crippen molar-refractivity contribution in [1.82, 2.24) is 5.32 Å². The second-order valence-corrected chi connectivity index (χ2v) is 18.0. The van der Waals surface area contributed by atoms with Gasteiger partial charge in [0.05, 0.1) is 19.8 Å². The minimum atomic E-state index is -4.49. The summed E-state index contributed by atoms with van der Waals surface area (Å²) < 4.78 is 73.8. The van der Waals surface area contributed by atoms with E-state index in [4.69, 9.17) is 0 Å². The molecule has 0 saturated heterocycles. The molecule has 61 heavy (non-hydrogen) atoms. The van der Waals surface area contributed by atoms with Crippen LogP contribution in [0.4, 0.5) is 0 Å². The third-order valence-electron chi connectivity index (χ3n) is 9.98. The van der Waals surface area contributed by atoms with Crippen molar-refractivity contribution in [2.45, 2.75) is 252 Å². The minimum absolute atomic E-state index is 0. The molecule has 0 aliphatic rings. The summed E-state index contributed by atoms with van der Waals surface area (Å²) in [6.07, 6.45) is 43.2. The normalized spacial score (nSPS) is 11.0. The third kappa shape index (κ3) is 75.4. The van der Waals surface area contributed by atoms with Crippen LogP contribution in [0.5, 0.6) is 0 Å². The number of hydrogen-bond donors (Lipinski definition) is 1. The van der Waals surface area contributed by atoms with Crippen molar-refractivity contribution in [2.75, 3.05) is 26.8 Å². The smallest absolute Gasteiger partial charge is 0.726 e. The van der Waals surface area contributed by atoms with Crippen molar-refractivity contribution in [2.24, 2.45) is 0 Å². The first-order chi connectivity index (χ1) is 28.3. The van der Waals surface area contributed by atoms with Crippen LogP contribution in [0.25, 0.3) is 0 Å². The van der Waals surface area contributed by atoms with E-state index in [9.17, 15) is 35.5 Å².